The predicted molar refractivity (Wildman–Crippen MR) is 67.2 cm³/mol. The van der Waals surface area contributed by atoms with Crippen molar-refractivity contribution in [1.82, 2.24) is 0 Å². The number of hydrogen-bond donors (Lipinski definition) is 0. The second kappa shape index (κ2) is 8.09. The fraction of sp³-hybridized carbons (Fsp3) is 0.846. The normalized spacial score (nSPS) is 22.5. The Labute approximate surface area is 103 Å². The minimum Gasteiger partial charge on any atom is -0.477 e. The fourth-order valence-corrected chi connectivity index (χ4v) is 1.96. The Morgan fingerprint density at radius 3 is 2.76 bits per heavy atom. The third-order valence-corrected chi connectivity index (χ3v) is 2.93. The SMILES string of the molecule is CCCCCCCC1OC=NC1C(=O)OCC. The zero-order chi connectivity index (χ0) is 12.5. The van der Waals surface area contributed by atoms with Gasteiger partial charge >= 0.3 is 5.97 Å². The Morgan fingerprint density at radius 1 is 1.29 bits per heavy atom. The standard InChI is InChI=1S/C13H23NO3/c1-3-5-6-7-8-9-11-12(14-10-17-11)13(15)16-4-2/h10-12H,3-9H2,1-2H3. The lowest BCUT2D eigenvalue weighted by molar-refractivity contribution is -0.146. The summed E-state index contributed by atoms with van der Waals surface area (Å²) >= 11 is 0. The third kappa shape index (κ3) is 4.75. The first-order valence-corrected chi connectivity index (χ1v) is 6.63. The second-order valence-corrected chi connectivity index (χ2v) is 4.33. The number of nitrogens with zero attached hydrogens (tertiary/aromatic N) is 1. The van der Waals surface area contributed by atoms with Crippen molar-refractivity contribution in [3.63, 3.8) is 0 Å². The summed E-state index contributed by atoms with van der Waals surface area (Å²) in [6.07, 6.45) is 8.22. The number of aliphatic imine (C=N–C) groups is 1. The summed E-state index contributed by atoms with van der Waals surface area (Å²) in [5.41, 5.74) is 0. The van der Waals surface area contributed by atoms with Gasteiger partial charge in [-0.1, -0.05) is 32.6 Å². The Balaban J connectivity index is 2.21. The smallest absolute Gasteiger partial charge is 0.334 e. The van der Waals surface area contributed by atoms with Crippen LogP contribution in [0.15, 0.2) is 4.99 Å². The highest BCUT2D eigenvalue weighted by molar-refractivity contribution is 5.79. The Hall–Kier alpha value is -1.06. The maximum Gasteiger partial charge on any atom is 0.334 e. The molecule has 0 radical (unpaired) electrons. The van der Waals surface area contributed by atoms with Crippen molar-refractivity contribution in [3.8, 4) is 0 Å². The number of ether oxygens (including phenoxy) is 2. The van der Waals surface area contributed by atoms with Crippen LogP contribution < -0.4 is 0 Å². The summed E-state index contributed by atoms with van der Waals surface area (Å²) in [6, 6.07) is -0.443. The van der Waals surface area contributed by atoms with Crippen molar-refractivity contribution >= 4 is 12.4 Å². The van der Waals surface area contributed by atoms with Gasteiger partial charge in [-0.3, -0.25) is 0 Å². The number of unbranched alkanes of at least 4 members (excludes halogenated alkanes) is 4. The van der Waals surface area contributed by atoms with Gasteiger partial charge in [0.05, 0.1) is 6.61 Å². The molecule has 4 heteroatoms. The average Bonchev–Trinajstić information content (AvgIpc) is 2.77. The van der Waals surface area contributed by atoms with E-state index in [1.165, 1.54) is 32.1 Å². The quantitative estimate of drug-likeness (QED) is 0.485. The minimum absolute atomic E-state index is 0.115. The van der Waals surface area contributed by atoms with Gasteiger partial charge in [0.15, 0.2) is 12.4 Å². The highest BCUT2D eigenvalue weighted by atomic mass is 16.5. The molecule has 0 spiro atoms. The predicted octanol–water partition coefficient (Wildman–Crippen LogP) is 2.71. The van der Waals surface area contributed by atoms with Gasteiger partial charge in [0.1, 0.15) is 6.10 Å². The minimum atomic E-state index is -0.443. The number of carbonyl (C=O) groups is 1. The Bertz CT molecular complexity index is 253. The molecule has 1 rings (SSSR count). The monoisotopic (exact) mass is 241 g/mol. The largest absolute Gasteiger partial charge is 0.477 e. The molecule has 0 fully saturated rings. The van der Waals surface area contributed by atoms with Crippen molar-refractivity contribution in [2.75, 3.05) is 6.61 Å². The van der Waals surface area contributed by atoms with Crippen LogP contribution in [0.2, 0.25) is 0 Å². The summed E-state index contributed by atoms with van der Waals surface area (Å²) in [5, 5.41) is 0. The van der Waals surface area contributed by atoms with Crippen LogP contribution in [0.3, 0.4) is 0 Å². The zero-order valence-corrected chi connectivity index (χ0v) is 10.9. The molecule has 4 nitrogen and oxygen atoms in total. The van der Waals surface area contributed by atoms with E-state index in [4.69, 9.17) is 9.47 Å². The number of carbonyl (C=O) groups excluding carboxylic acids is 1. The van der Waals surface area contributed by atoms with Gasteiger partial charge < -0.3 is 9.47 Å². The van der Waals surface area contributed by atoms with E-state index in [0.29, 0.717) is 6.61 Å². The summed E-state index contributed by atoms with van der Waals surface area (Å²) in [4.78, 5) is 15.6. The van der Waals surface area contributed by atoms with Crippen LogP contribution in [0, 0.1) is 0 Å². The molecule has 0 saturated carbocycles. The maximum atomic E-state index is 11.6. The molecule has 0 saturated heterocycles. The molecule has 0 aromatic heterocycles. The lowest BCUT2D eigenvalue weighted by Crippen LogP contribution is -2.31. The van der Waals surface area contributed by atoms with Crippen LogP contribution in [0.25, 0.3) is 0 Å². The molecule has 1 aliphatic rings. The van der Waals surface area contributed by atoms with E-state index in [9.17, 15) is 4.79 Å². The topological polar surface area (TPSA) is 47.9 Å². The van der Waals surface area contributed by atoms with Crippen LogP contribution >= 0.6 is 0 Å². The van der Waals surface area contributed by atoms with E-state index in [0.717, 1.165) is 12.8 Å². The van der Waals surface area contributed by atoms with Crippen LogP contribution in [-0.2, 0) is 14.3 Å². The lowest BCUT2D eigenvalue weighted by Gasteiger charge is -2.15. The van der Waals surface area contributed by atoms with Crippen LogP contribution in [-0.4, -0.2) is 31.1 Å². The van der Waals surface area contributed by atoms with Crippen molar-refractivity contribution < 1.29 is 14.3 Å². The molecule has 1 heterocycles. The van der Waals surface area contributed by atoms with Crippen molar-refractivity contribution in [2.24, 2.45) is 4.99 Å². The van der Waals surface area contributed by atoms with Gasteiger partial charge in [-0.25, -0.2) is 9.79 Å². The Kier molecular flexibility index (Phi) is 6.67. The molecule has 0 N–H and O–H groups in total. The first kappa shape index (κ1) is 14.0. The molecular weight excluding hydrogens is 218 g/mol. The van der Waals surface area contributed by atoms with E-state index in [1.54, 1.807) is 6.92 Å². The highest BCUT2D eigenvalue weighted by Gasteiger charge is 2.33. The van der Waals surface area contributed by atoms with Gasteiger partial charge in [0.25, 0.3) is 0 Å². The summed E-state index contributed by atoms with van der Waals surface area (Å²) in [6.45, 7) is 4.40. The number of rotatable bonds is 8. The molecule has 0 aromatic rings. The average molecular weight is 241 g/mol. The summed E-state index contributed by atoms with van der Waals surface area (Å²) in [5.74, 6) is -0.264. The van der Waals surface area contributed by atoms with Gasteiger partial charge in [-0.2, -0.15) is 0 Å². The molecular formula is C13H23NO3. The molecule has 17 heavy (non-hydrogen) atoms. The first-order valence-electron chi connectivity index (χ1n) is 6.63. The van der Waals surface area contributed by atoms with Crippen molar-refractivity contribution in [2.45, 2.75) is 64.5 Å². The van der Waals surface area contributed by atoms with E-state index in [2.05, 4.69) is 11.9 Å². The van der Waals surface area contributed by atoms with Gasteiger partial charge in [0, 0.05) is 0 Å². The molecule has 2 unspecified atom stereocenters. The van der Waals surface area contributed by atoms with Crippen LogP contribution in [0.1, 0.15) is 52.4 Å². The first-order chi connectivity index (χ1) is 8.29. The number of hydrogen-bond acceptors (Lipinski definition) is 4. The maximum absolute atomic E-state index is 11.6. The summed E-state index contributed by atoms with van der Waals surface area (Å²) in [7, 11) is 0. The second-order valence-electron chi connectivity index (χ2n) is 4.33. The zero-order valence-electron chi connectivity index (χ0n) is 10.9. The van der Waals surface area contributed by atoms with Gasteiger partial charge in [0.2, 0.25) is 0 Å². The fourth-order valence-electron chi connectivity index (χ4n) is 1.96. The molecule has 0 bridgehead atoms. The molecule has 2 atom stereocenters. The van der Waals surface area contributed by atoms with Crippen molar-refractivity contribution in [3.05, 3.63) is 0 Å². The highest BCUT2D eigenvalue weighted by Crippen LogP contribution is 2.18. The van der Waals surface area contributed by atoms with Crippen LogP contribution in [0.5, 0.6) is 0 Å². The molecule has 98 valence electrons. The van der Waals surface area contributed by atoms with Crippen LogP contribution in [0.4, 0.5) is 0 Å². The van der Waals surface area contributed by atoms with E-state index in [1.807, 2.05) is 0 Å². The summed E-state index contributed by atoms with van der Waals surface area (Å²) < 4.78 is 10.3. The van der Waals surface area contributed by atoms with Crippen molar-refractivity contribution in [1.29, 1.82) is 0 Å². The molecule has 0 aliphatic carbocycles. The van der Waals surface area contributed by atoms with E-state index in [-0.39, 0.29) is 12.1 Å². The third-order valence-electron chi connectivity index (χ3n) is 2.93. The number of esters is 1. The van der Waals surface area contributed by atoms with E-state index >= 15 is 0 Å². The van der Waals surface area contributed by atoms with Gasteiger partial charge in [-0.05, 0) is 19.8 Å². The lowest BCUT2D eigenvalue weighted by atomic mass is 10.0. The molecule has 1 aliphatic heterocycles. The molecule has 0 aromatic carbocycles. The molecule has 0 amide bonds. The van der Waals surface area contributed by atoms with Gasteiger partial charge in [-0.15, -0.1) is 0 Å². The Morgan fingerprint density at radius 2 is 2.06 bits per heavy atom. The van der Waals surface area contributed by atoms with E-state index < -0.39 is 6.04 Å².